The smallest absolute Gasteiger partial charge is 0.290 e. The molecule has 1 aliphatic rings. The molecule has 0 radical (unpaired) electrons. The fraction of sp³-hybridized carbons (Fsp3) is 0.406. The molecule has 7 nitrogen and oxygen atoms in total. The topological polar surface area (TPSA) is 108 Å². The average Bonchev–Trinajstić information content (AvgIpc) is 2.91. The average molecular weight is 556 g/mol. The van der Waals surface area contributed by atoms with Crippen LogP contribution in [0.3, 0.4) is 0 Å². The van der Waals surface area contributed by atoms with Crippen LogP contribution in [0, 0.1) is 19.7 Å². The Morgan fingerprint density at radius 2 is 1.65 bits per heavy atom. The van der Waals surface area contributed by atoms with Crippen molar-refractivity contribution in [3.8, 4) is 33.8 Å². The van der Waals surface area contributed by atoms with Crippen LogP contribution in [0.15, 0.2) is 36.4 Å². The number of aromatic hydroxyl groups is 1. The Morgan fingerprint density at radius 1 is 1.05 bits per heavy atom. The zero-order valence-corrected chi connectivity index (χ0v) is 24.7. The quantitative estimate of drug-likeness (QED) is 0.250. The highest BCUT2D eigenvalue weighted by Crippen LogP contribution is 2.47. The number of phenols is 1. The number of phenolic OH excluding ortho intramolecular Hbond substituents is 1. The number of aliphatic hydroxyl groups is 1. The third-order valence-corrected chi connectivity index (χ3v) is 6.67. The number of carbonyl (C=O) groups is 1. The molecule has 1 aliphatic heterocycles. The first-order valence-corrected chi connectivity index (χ1v) is 13.2. The third kappa shape index (κ3) is 7.31. The van der Waals surface area contributed by atoms with E-state index in [0.717, 1.165) is 76.9 Å². The van der Waals surface area contributed by atoms with Gasteiger partial charge in [-0.1, -0.05) is 12.1 Å². The summed E-state index contributed by atoms with van der Waals surface area (Å²) in [6.07, 6.45) is 1.82. The lowest BCUT2D eigenvalue weighted by Crippen LogP contribution is -2.22. The number of carboxylic acid groups (broad SMARTS) is 1. The lowest BCUT2D eigenvalue weighted by atomic mass is 9.82. The molecule has 0 saturated carbocycles. The highest BCUT2D eigenvalue weighted by molar-refractivity contribution is 5.92. The largest absolute Gasteiger partial charge is 0.505 e. The van der Waals surface area contributed by atoms with E-state index in [1.807, 2.05) is 7.05 Å². The van der Waals surface area contributed by atoms with Gasteiger partial charge < -0.3 is 30.1 Å². The van der Waals surface area contributed by atoms with Crippen LogP contribution < -0.4 is 10.1 Å². The van der Waals surface area contributed by atoms with Crippen molar-refractivity contribution in [3.05, 3.63) is 64.5 Å². The summed E-state index contributed by atoms with van der Waals surface area (Å²) in [5, 5.41) is 27.4. The number of halogens is 1. The van der Waals surface area contributed by atoms with Crippen molar-refractivity contribution in [2.45, 2.75) is 66.1 Å². The van der Waals surface area contributed by atoms with Crippen LogP contribution in [-0.2, 0) is 16.0 Å². The number of hydrogen-bond donors (Lipinski definition) is 4. The van der Waals surface area contributed by atoms with Gasteiger partial charge >= 0.3 is 0 Å². The first-order chi connectivity index (χ1) is 18.9. The number of aliphatic hydroxyl groups excluding tert-OH is 1. The minimum Gasteiger partial charge on any atom is -0.505 e. The van der Waals surface area contributed by atoms with Crippen LogP contribution in [0.4, 0.5) is 10.1 Å². The van der Waals surface area contributed by atoms with Crippen LogP contribution in [0.2, 0.25) is 0 Å². The predicted molar refractivity (Wildman–Crippen MR) is 158 cm³/mol. The second kappa shape index (κ2) is 14.1. The summed E-state index contributed by atoms with van der Waals surface area (Å²) in [5.41, 5.74) is 8.96. The molecule has 0 amide bonds. The number of nitrogens with one attached hydrogen (secondary N) is 1. The van der Waals surface area contributed by atoms with Gasteiger partial charge in [0.05, 0.1) is 18.3 Å². The van der Waals surface area contributed by atoms with Crippen molar-refractivity contribution in [2.24, 2.45) is 0 Å². The van der Waals surface area contributed by atoms with E-state index in [1.165, 1.54) is 17.7 Å². The number of rotatable bonds is 5. The zero-order valence-electron chi connectivity index (χ0n) is 24.7. The summed E-state index contributed by atoms with van der Waals surface area (Å²) in [6.45, 7) is 13.0. The first-order valence-electron chi connectivity index (χ1n) is 13.2. The van der Waals surface area contributed by atoms with Gasteiger partial charge in [-0.2, -0.15) is 0 Å². The molecule has 1 unspecified atom stereocenters. The summed E-state index contributed by atoms with van der Waals surface area (Å²) in [6, 6.07) is 10.9. The Labute approximate surface area is 236 Å². The van der Waals surface area contributed by atoms with Gasteiger partial charge in [0.1, 0.15) is 5.75 Å². The maximum atomic E-state index is 13.9. The van der Waals surface area contributed by atoms with Gasteiger partial charge in [-0.25, -0.2) is 4.39 Å². The van der Waals surface area contributed by atoms with E-state index in [9.17, 15) is 9.50 Å². The van der Waals surface area contributed by atoms with Crippen molar-refractivity contribution in [1.82, 2.24) is 0 Å². The molecule has 0 aromatic heterocycles. The Bertz CT molecular complexity index is 1320. The highest BCUT2D eigenvalue weighted by atomic mass is 19.1. The van der Waals surface area contributed by atoms with E-state index >= 15 is 0 Å². The summed E-state index contributed by atoms with van der Waals surface area (Å²) >= 11 is 0. The molecule has 40 heavy (non-hydrogen) atoms. The van der Waals surface area contributed by atoms with Crippen molar-refractivity contribution >= 4 is 12.2 Å². The van der Waals surface area contributed by atoms with E-state index in [1.54, 1.807) is 6.07 Å². The molecular formula is C32H42FNO6. The van der Waals surface area contributed by atoms with E-state index < -0.39 is 5.82 Å². The fourth-order valence-electron chi connectivity index (χ4n) is 5.35. The predicted octanol–water partition coefficient (Wildman–Crippen LogP) is 7.03. The van der Waals surface area contributed by atoms with Crippen LogP contribution in [-0.4, -0.2) is 48.2 Å². The molecule has 1 heterocycles. The zero-order chi connectivity index (χ0) is 30.2. The van der Waals surface area contributed by atoms with E-state index in [4.69, 9.17) is 24.5 Å². The molecule has 8 heteroatoms. The third-order valence-electron chi connectivity index (χ3n) is 6.67. The van der Waals surface area contributed by atoms with Crippen LogP contribution in [0.25, 0.3) is 22.3 Å². The van der Waals surface area contributed by atoms with Crippen molar-refractivity contribution in [1.29, 1.82) is 0 Å². The summed E-state index contributed by atoms with van der Waals surface area (Å²) < 4.78 is 26.3. The molecular weight excluding hydrogens is 513 g/mol. The molecule has 3 aromatic rings. The Kier molecular flexibility index (Phi) is 11.5. The summed E-state index contributed by atoms with van der Waals surface area (Å²) in [4.78, 5) is 8.36. The van der Waals surface area contributed by atoms with Crippen LogP contribution in [0.1, 0.15) is 62.5 Å². The molecule has 0 spiro atoms. The van der Waals surface area contributed by atoms with E-state index in [-0.39, 0.29) is 23.9 Å². The maximum absolute atomic E-state index is 13.9. The minimum absolute atomic E-state index is 0.168. The second-order valence-corrected chi connectivity index (χ2v) is 10.5. The minimum atomic E-state index is -0.632. The number of anilines is 1. The van der Waals surface area contributed by atoms with Crippen LogP contribution in [0.5, 0.6) is 11.5 Å². The monoisotopic (exact) mass is 555 g/mol. The fourth-order valence-corrected chi connectivity index (χ4v) is 5.35. The molecule has 0 saturated heterocycles. The molecule has 3 aromatic carbocycles. The van der Waals surface area contributed by atoms with E-state index in [2.05, 4.69) is 65.1 Å². The molecule has 218 valence electrons. The molecule has 0 bridgehead atoms. The number of ether oxygens (including phenoxy) is 2. The maximum Gasteiger partial charge on any atom is 0.290 e. The number of fused-ring (bicyclic) bond motifs is 1. The number of hydrogen-bond acceptors (Lipinski definition) is 6. The van der Waals surface area contributed by atoms with Crippen LogP contribution >= 0.6 is 0 Å². The van der Waals surface area contributed by atoms with Gasteiger partial charge in [0.2, 0.25) is 0 Å². The molecule has 4 rings (SSSR count). The Hall–Kier alpha value is -3.62. The molecule has 4 N–H and O–H groups in total. The summed E-state index contributed by atoms with van der Waals surface area (Å²) in [7, 11) is 2.89. The molecule has 0 aliphatic carbocycles. The second-order valence-electron chi connectivity index (χ2n) is 10.5. The highest BCUT2D eigenvalue weighted by Gasteiger charge is 2.28. The Balaban J connectivity index is 0.00000105. The van der Waals surface area contributed by atoms with Gasteiger partial charge in [0, 0.05) is 25.4 Å². The first kappa shape index (κ1) is 32.6. The summed E-state index contributed by atoms with van der Waals surface area (Å²) in [5.74, 6) is -0.0408. The van der Waals surface area contributed by atoms with Gasteiger partial charge in [-0.3, -0.25) is 4.79 Å². The van der Waals surface area contributed by atoms with Gasteiger partial charge in [-0.15, -0.1) is 0 Å². The standard InChI is InChI=1S/C30H36FNO3.CH2O2.CH4O/c1-17-27(21-11-13-25-20(15-21)9-8-14-34-25)26(19(3)35-30(4,5)6)18(2)29(32-7)28(17)22-10-12-23(31)24(33)16-22;2-1-3;1-2/h10-13,15-16,19,32-33H,8-9,14H2,1-7H3;1H,(H,2,3);2H,1H3. The van der Waals surface area contributed by atoms with Crippen molar-refractivity contribution in [3.63, 3.8) is 0 Å². The molecule has 1 atom stereocenters. The van der Waals surface area contributed by atoms with E-state index in [0.29, 0.717) is 0 Å². The Morgan fingerprint density at radius 3 is 2.23 bits per heavy atom. The number of aryl methyl sites for hydroxylation is 1. The van der Waals surface area contributed by atoms with Gasteiger partial charge in [0.25, 0.3) is 6.47 Å². The van der Waals surface area contributed by atoms with Crippen molar-refractivity contribution < 1.29 is 34.0 Å². The van der Waals surface area contributed by atoms with Gasteiger partial charge in [0.15, 0.2) is 11.6 Å². The lowest BCUT2D eigenvalue weighted by Gasteiger charge is -2.31. The lowest BCUT2D eigenvalue weighted by molar-refractivity contribution is -0.122. The SMILES string of the molecule is CNc1c(C)c(C(C)OC(C)(C)C)c(-c2ccc3c(c2)CCCO3)c(C)c1-c1ccc(F)c(O)c1.CO.O=CO. The molecule has 0 fully saturated rings. The van der Waals surface area contributed by atoms with Gasteiger partial charge in [-0.05, 0) is 118 Å². The number of benzene rings is 3. The normalized spacial score (nSPS) is 12.9. The van der Waals surface area contributed by atoms with Crippen molar-refractivity contribution in [2.75, 3.05) is 26.1 Å².